The van der Waals surface area contributed by atoms with Gasteiger partial charge in [-0.05, 0) is 12.8 Å². The summed E-state index contributed by atoms with van der Waals surface area (Å²) in [6.45, 7) is 0.831. The van der Waals surface area contributed by atoms with Crippen molar-refractivity contribution in [2.24, 2.45) is 0 Å². The molecule has 1 unspecified atom stereocenters. The number of aliphatic hydroxyl groups is 1. The van der Waals surface area contributed by atoms with Crippen LogP contribution in [0.2, 0.25) is 0 Å². The quantitative estimate of drug-likeness (QED) is 0.585. The number of hydrogen-bond acceptors (Lipinski definition) is 4. The van der Waals surface area contributed by atoms with E-state index < -0.39 is 8.77 Å². The first-order valence-corrected chi connectivity index (χ1v) is 8.83. The Kier molecular flexibility index (Phi) is 10.6. The van der Waals surface area contributed by atoms with Gasteiger partial charge in [0.1, 0.15) is 8.77 Å². The molecule has 0 fully saturated rings. The third-order valence-electron chi connectivity index (χ3n) is 2.35. The van der Waals surface area contributed by atoms with Gasteiger partial charge in [0.05, 0.1) is 6.61 Å². The minimum Gasteiger partial charge on any atom is -0.396 e. The van der Waals surface area contributed by atoms with Crippen molar-refractivity contribution >= 4 is 20.0 Å². The maximum atomic E-state index is 11.0. The lowest BCUT2D eigenvalue weighted by Gasteiger charge is -2.03. The molecule has 5 heteroatoms. The molecule has 0 bridgehead atoms. The van der Waals surface area contributed by atoms with Gasteiger partial charge in [-0.1, -0.05) is 38.5 Å². The molecule has 0 aromatic carbocycles. The van der Waals surface area contributed by atoms with Gasteiger partial charge in [-0.15, -0.1) is 0 Å². The monoisotopic (exact) mass is 268 g/mol. The SMILES string of the molecule is CS(=O)(=S)OCCCCCCCCCCO. The molecule has 1 N–H and O–H groups in total. The second-order valence-electron chi connectivity index (χ2n) is 4.08. The van der Waals surface area contributed by atoms with Crippen molar-refractivity contribution in [3.05, 3.63) is 0 Å². The topological polar surface area (TPSA) is 46.5 Å². The maximum absolute atomic E-state index is 11.0. The van der Waals surface area contributed by atoms with E-state index in [4.69, 9.17) is 9.29 Å². The minimum absolute atomic E-state index is 0.314. The molecule has 0 saturated heterocycles. The summed E-state index contributed by atoms with van der Waals surface area (Å²) in [4.78, 5) is 0. The van der Waals surface area contributed by atoms with Crippen molar-refractivity contribution in [3.8, 4) is 0 Å². The van der Waals surface area contributed by atoms with E-state index in [-0.39, 0.29) is 0 Å². The molecule has 0 aromatic heterocycles. The van der Waals surface area contributed by atoms with Crippen molar-refractivity contribution in [1.82, 2.24) is 0 Å². The summed E-state index contributed by atoms with van der Waals surface area (Å²) in [6, 6.07) is 0. The Bertz CT molecular complexity index is 238. The fourth-order valence-electron chi connectivity index (χ4n) is 1.48. The largest absolute Gasteiger partial charge is 0.396 e. The van der Waals surface area contributed by atoms with E-state index in [2.05, 4.69) is 11.2 Å². The molecule has 0 heterocycles. The number of rotatable bonds is 11. The van der Waals surface area contributed by atoms with Crippen LogP contribution in [-0.2, 0) is 24.1 Å². The van der Waals surface area contributed by atoms with Crippen LogP contribution in [-0.4, -0.2) is 28.8 Å². The Morgan fingerprint density at radius 2 is 1.44 bits per heavy atom. The molecule has 0 spiro atoms. The average molecular weight is 268 g/mol. The summed E-state index contributed by atoms with van der Waals surface area (Å²) in [6.07, 6.45) is 10.5. The number of hydrogen-bond donors (Lipinski definition) is 1. The lowest BCUT2D eigenvalue weighted by Crippen LogP contribution is -2.02. The van der Waals surface area contributed by atoms with Gasteiger partial charge in [0.25, 0.3) is 0 Å². The Morgan fingerprint density at radius 1 is 1.00 bits per heavy atom. The first-order chi connectivity index (χ1) is 7.56. The highest BCUT2D eigenvalue weighted by atomic mass is 32.8. The Balaban J connectivity index is 3.05. The van der Waals surface area contributed by atoms with Crippen LogP contribution >= 0.6 is 0 Å². The number of unbranched alkanes of at least 4 members (excludes halogenated alkanes) is 7. The second-order valence-corrected chi connectivity index (χ2v) is 7.54. The van der Waals surface area contributed by atoms with E-state index in [1.807, 2.05) is 0 Å². The van der Waals surface area contributed by atoms with Gasteiger partial charge in [-0.2, -0.15) is 0 Å². The Labute approximate surface area is 104 Å². The van der Waals surface area contributed by atoms with E-state index in [1.54, 1.807) is 0 Å². The van der Waals surface area contributed by atoms with Gasteiger partial charge in [0.15, 0.2) is 0 Å². The van der Waals surface area contributed by atoms with Crippen molar-refractivity contribution in [2.45, 2.75) is 51.4 Å². The summed E-state index contributed by atoms with van der Waals surface area (Å²) < 4.78 is 16.0. The summed E-state index contributed by atoms with van der Waals surface area (Å²) in [5.74, 6) is 0. The molecule has 0 amide bonds. The van der Waals surface area contributed by atoms with Crippen LogP contribution in [0.25, 0.3) is 0 Å². The van der Waals surface area contributed by atoms with E-state index in [1.165, 1.54) is 31.9 Å². The van der Waals surface area contributed by atoms with Crippen LogP contribution in [0.5, 0.6) is 0 Å². The molecule has 0 aliphatic rings. The summed E-state index contributed by atoms with van der Waals surface area (Å²) in [5, 5.41) is 8.59. The van der Waals surface area contributed by atoms with Gasteiger partial charge in [-0.25, -0.2) is 4.21 Å². The first kappa shape index (κ1) is 16.3. The molecule has 1 atom stereocenters. The zero-order valence-corrected chi connectivity index (χ0v) is 11.8. The van der Waals surface area contributed by atoms with Crippen LogP contribution in [0, 0.1) is 0 Å². The normalized spacial score (nSPS) is 14.9. The Hall–Kier alpha value is 0.290. The lowest BCUT2D eigenvalue weighted by molar-refractivity contribution is 0.282. The zero-order chi connectivity index (χ0) is 12.3. The molecule has 98 valence electrons. The predicted molar refractivity (Wildman–Crippen MR) is 71.4 cm³/mol. The highest BCUT2D eigenvalue weighted by Crippen LogP contribution is 2.08. The van der Waals surface area contributed by atoms with Gasteiger partial charge in [0, 0.05) is 24.1 Å². The molecular formula is C11H24O3S2. The van der Waals surface area contributed by atoms with Crippen molar-refractivity contribution in [2.75, 3.05) is 19.5 Å². The smallest absolute Gasteiger partial charge is 0.141 e. The molecule has 0 aliphatic heterocycles. The molecule has 0 aromatic rings. The first-order valence-electron chi connectivity index (χ1n) is 6.01. The Morgan fingerprint density at radius 3 is 1.88 bits per heavy atom. The van der Waals surface area contributed by atoms with Crippen molar-refractivity contribution in [3.63, 3.8) is 0 Å². The molecule has 3 nitrogen and oxygen atoms in total. The highest BCUT2D eigenvalue weighted by Gasteiger charge is 1.97. The molecule has 0 rings (SSSR count). The van der Waals surface area contributed by atoms with Crippen LogP contribution in [0.1, 0.15) is 51.4 Å². The fraction of sp³-hybridized carbons (Fsp3) is 1.00. The van der Waals surface area contributed by atoms with Gasteiger partial charge >= 0.3 is 0 Å². The third kappa shape index (κ3) is 14.3. The molecule has 0 saturated carbocycles. The van der Waals surface area contributed by atoms with Gasteiger partial charge in [0.2, 0.25) is 0 Å². The maximum Gasteiger partial charge on any atom is 0.141 e. The van der Waals surface area contributed by atoms with Crippen molar-refractivity contribution in [1.29, 1.82) is 0 Å². The van der Waals surface area contributed by atoms with E-state index in [0.29, 0.717) is 13.2 Å². The molecular weight excluding hydrogens is 244 g/mol. The minimum atomic E-state index is -2.42. The summed E-state index contributed by atoms with van der Waals surface area (Å²) >= 11 is 4.63. The number of aliphatic hydroxyl groups excluding tert-OH is 1. The molecule has 0 radical (unpaired) electrons. The predicted octanol–water partition coefficient (Wildman–Crippen LogP) is 2.41. The third-order valence-corrected chi connectivity index (χ3v) is 3.23. The van der Waals surface area contributed by atoms with E-state index >= 15 is 0 Å². The standard InChI is InChI=1S/C11H24O3S2/c1-16(13,15)14-11-9-7-5-3-2-4-6-8-10-12/h12H,2-11H2,1H3. The highest BCUT2D eigenvalue weighted by molar-refractivity contribution is 8.29. The van der Waals surface area contributed by atoms with Crippen LogP contribution in [0.4, 0.5) is 0 Å². The van der Waals surface area contributed by atoms with Crippen molar-refractivity contribution < 1.29 is 13.5 Å². The van der Waals surface area contributed by atoms with Crippen LogP contribution < -0.4 is 0 Å². The van der Waals surface area contributed by atoms with E-state index in [0.717, 1.165) is 25.7 Å². The van der Waals surface area contributed by atoms with Crippen LogP contribution in [0.15, 0.2) is 0 Å². The molecule has 16 heavy (non-hydrogen) atoms. The fourth-order valence-corrected chi connectivity index (χ4v) is 2.11. The van der Waals surface area contributed by atoms with E-state index in [9.17, 15) is 4.21 Å². The molecule has 0 aliphatic carbocycles. The lowest BCUT2D eigenvalue weighted by atomic mass is 10.1. The zero-order valence-electron chi connectivity index (χ0n) is 10.2. The summed E-state index contributed by atoms with van der Waals surface area (Å²) in [7, 11) is -2.42. The second kappa shape index (κ2) is 10.4. The van der Waals surface area contributed by atoms with Gasteiger partial charge in [-0.3, -0.25) is 4.18 Å². The van der Waals surface area contributed by atoms with Gasteiger partial charge < -0.3 is 5.11 Å². The summed E-state index contributed by atoms with van der Waals surface area (Å²) in [5.41, 5.74) is 0. The average Bonchev–Trinajstić information content (AvgIpc) is 2.19. The van der Waals surface area contributed by atoms with Crippen LogP contribution in [0.3, 0.4) is 0 Å².